The zero-order valence-corrected chi connectivity index (χ0v) is 10.9. The predicted molar refractivity (Wildman–Crippen MR) is 72.4 cm³/mol. The number of amides is 1. The third kappa shape index (κ3) is 3.43. The Labute approximate surface area is 111 Å². The Kier molecular flexibility index (Phi) is 5.08. The third-order valence-corrected chi connectivity index (χ3v) is 2.60. The first-order chi connectivity index (χ1) is 8.62. The maximum absolute atomic E-state index is 11.4. The molecule has 18 heavy (non-hydrogen) atoms. The van der Waals surface area contributed by atoms with Crippen LogP contribution in [0.15, 0.2) is 24.3 Å². The molecule has 1 atom stereocenters. The average Bonchev–Trinajstić information content (AvgIpc) is 2.40. The summed E-state index contributed by atoms with van der Waals surface area (Å²) in [6.45, 7) is 0. The van der Waals surface area contributed by atoms with Crippen molar-refractivity contribution in [2.45, 2.75) is 0 Å². The molecule has 0 aliphatic carbocycles. The van der Waals surface area contributed by atoms with Gasteiger partial charge in [-0.2, -0.15) is 5.26 Å². The van der Waals surface area contributed by atoms with Gasteiger partial charge in [-0.25, -0.2) is 0 Å². The fourth-order valence-corrected chi connectivity index (χ4v) is 1.55. The Morgan fingerprint density at radius 3 is 2.50 bits per heavy atom. The topological polar surface area (TPSA) is 74.2 Å². The van der Waals surface area contributed by atoms with Gasteiger partial charge < -0.3 is 15.4 Å². The van der Waals surface area contributed by atoms with Crippen LogP contribution in [0.3, 0.4) is 0 Å². The van der Waals surface area contributed by atoms with Crippen LogP contribution in [0.1, 0.15) is 0 Å². The van der Waals surface area contributed by atoms with Crippen LogP contribution in [0.4, 0.5) is 5.69 Å². The third-order valence-electron chi connectivity index (χ3n) is 2.26. The second-order valence-electron chi connectivity index (χ2n) is 3.39. The van der Waals surface area contributed by atoms with Crippen LogP contribution in [0.25, 0.3) is 0 Å². The summed E-state index contributed by atoms with van der Waals surface area (Å²) in [5.74, 6) is -0.704. The van der Waals surface area contributed by atoms with Gasteiger partial charge in [-0.15, -0.1) is 0 Å². The molecule has 5 nitrogen and oxygen atoms in total. The molecule has 0 saturated carbocycles. The summed E-state index contributed by atoms with van der Waals surface area (Å²) < 4.78 is 5.02. The van der Waals surface area contributed by atoms with Gasteiger partial charge in [0.05, 0.1) is 13.2 Å². The molecule has 1 amide bonds. The molecule has 6 heteroatoms. The molecule has 94 valence electrons. The molecular weight excluding hydrogens is 250 g/mol. The quantitative estimate of drug-likeness (QED) is 0.801. The number of carbonyl (C=O) groups excluding carboxylic acids is 1. The van der Waals surface area contributed by atoms with Crippen molar-refractivity contribution < 1.29 is 9.53 Å². The van der Waals surface area contributed by atoms with E-state index in [-0.39, 0.29) is 4.99 Å². The minimum Gasteiger partial charge on any atom is -0.497 e. The van der Waals surface area contributed by atoms with E-state index >= 15 is 0 Å². The molecule has 0 aliphatic heterocycles. The van der Waals surface area contributed by atoms with Gasteiger partial charge in [0.1, 0.15) is 10.7 Å². The van der Waals surface area contributed by atoms with Crippen molar-refractivity contribution in [1.29, 1.82) is 5.26 Å². The number of benzene rings is 1. The molecule has 0 saturated heterocycles. The minimum atomic E-state index is -0.993. The van der Waals surface area contributed by atoms with Crippen LogP contribution in [-0.4, -0.2) is 25.1 Å². The molecular formula is C12H13N3O2S. The van der Waals surface area contributed by atoms with Crippen LogP contribution in [0, 0.1) is 17.2 Å². The molecule has 2 N–H and O–H groups in total. The summed E-state index contributed by atoms with van der Waals surface area (Å²) in [6.07, 6.45) is 0. The van der Waals surface area contributed by atoms with Gasteiger partial charge in [-0.05, 0) is 24.3 Å². The first-order valence-corrected chi connectivity index (χ1v) is 5.59. The summed E-state index contributed by atoms with van der Waals surface area (Å²) in [5.41, 5.74) is 0.699. The number of carbonyl (C=O) groups is 1. The largest absolute Gasteiger partial charge is 0.497 e. The van der Waals surface area contributed by atoms with E-state index in [0.29, 0.717) is 5.69 Å². The smallest absolute Gasteiger partial charge is 0.244 e. The van der Waals surface area contributed by atoms with E-state index in [0.717, 1.165) is 5.75 Å². The Morgan fingerprint density at radius 1 is 1.44 bits per heavy atom. The molecule has 1 rings (SSSR count). The molecule has 0 fully saturated rings. The lowest BCUT2D eigenvalue weighted by molar-refractivity contribution is -0.121. The first-order valence-electron chi connectivity index (χ1n) is 5.18. The summed E-state index contributed by atoms with van der Waals surface area (Å²) >= 11 is 5.03. The predicted octanol–water partition coefficient (Wildman–Crippen LogP) is 1.32. The van der Waals surface area contributed by atoms with E-state index in [2.05, 4.69) is 10.6 Å². The molecule has 1 aromatic carbocycles. The Hall–Kier alpha value is -2.13. The van der Waals surface area contributed by atoms with Crippen LogP contribution in [0.2, 0.25) is 0 Å². The highest BCUT2D eigenvalue weighted by atomic mass is 32.1. The number of hydrogen-bond donors (Lipinski definition) is 2. The minimum absolute atomic E-state index is 0.169. The Balaban J connectivity index is 2.74. The van der Waals surface area contributed by atoms with Crippen molar-refractivity contribution in [2.24, 2.45) is 5.92 Å². The van der Waals surface area contributed by atoms with Crippen molar-refractivity contribution >= 4 is 28.8 Å². The lowest BCUT2D eigenvalue weighted by atomic mass is 10.1. The van der Waals surface area contributed by atoms with E-state index in [1.807, 2.05) is 6.07 Å². The van der Waals surface area contributed by atoms with E-state index in [1.54, 1.807) is 31.4 Å². The van der Waals surface area contributed by atoms with Gasteiger partial charge in [0.25, 0.3) is 0 Å². The number of rotatable bonds is 4. The first kappa shape index (κ1) is 13.9. The number of methoxy groups -OCH3 is 1. The zero-order chi connectivity index (χ0) is 13.5. The van der Waals surface area contributed by atoms with Gasteiger partial charge in [-0.1, -0.05) is 12.2 Å². The normalized spacial score (nSPS) is 10.9. The van der Waals surface area contributed by atoms with Crippen molar-refractivity contribution in [3.8, 4) is 11.8 Å². The molecule has 0 heterocycles. The fraction of sp³-hybridized carbons (Fsp3) is 0.250. The molecule has 1 aromatic rings. The molecule has 1 unspecified atom stereocenters. The molecule has 0 bridgehead atoms. The van der Waals surface area contributed by atoms with Gasteiger partial charge in [0.15, 0.2) is 5.92 Å². The van der Waals surface area contributed by atoms with E-state index in [9.17, 15) is 4.79 Å². The summed E-state index contributed by atoms with van der Waals surface area (Å²) in [5, 5.41) is 14.1. The molecule has 0 aliphatic rings. The van der Waals surface area contributed by atoms with Crippen LogP contribution in [0.5, 0.6) is 5.75 Å². The van der Waals surface area contributed by atoms with Gasteiger partial charge in [0, 0.05) is 12.7 Å². The number of thiocarbonyl (C=S) groups is 1. The van der Waals surface area contributed by atoms with Crippen molar-refractivity contribution in [3.05, 3.63) is 24.3 Å². The number of ether oxygens (including phenoxy) is 1. The SMILES string of the molecule is CNC(=O)C(C#N)C(=S)Nc1ccc(OC)cc1. The highest BCUT2D eigenvalue weighted by Crippen LogP contribution is 2.16. The Morgan fingerprint density at radius 2 is 2.06 bits per heavy atom. The maximum Gasteiger partial charge on any atom is 0.244 e. The van der Waals surface area contributed by atoms with Crippen molar-refractivity contribution in [1.82, 2.24) is 5.32 Å². The van der Waals surface area contributed by atoms with Crippen LogP contribution < -0.4 is 15.4 Å². The van der Waals surface area contributed by atoms with Gasteiger partial charge in [0.2, 0.25) is 5.91 Å². The number of nitriles is 1. The Bertz CT molecular complexity index is 479. The lowest BCUT2D eigenvalue weighted by Gasteiger charge is -2.12. The van der Waals surface area contributed by atoms with Gasteiger partial charge in [-0.3, -0.25) is 4.79 Å². The van der Waals surface area contributed by atoms with Crippen LogP contribution >= 0.6 is 12.2 Å². The number of nitrogens with zero attached hydrogens (tertiary/aromatic N) is 1. The molecule has 0 radical (unpaired) electrons. The summed E-state index contributed by atoms with van der Waals surface area (Å²) in [4.78, 5) is 11.6. The van der Waals surface area contributed by atoms with Crippen molar-refractivity contribution in [2.75, 3.05) is 19.5 Å². The number of hydrogen-bond acceptors (Lipinski definition) is 4. The second kappa shape index (κ2) is 6.57. The number of anilines is 1. The van der Waals surface area contributed by atoms with Crippen molar-refractivity contribution in [3.63, 3.8) is 0 Å². The maximum atomic E-state index is 11.4. The number of nitrogens with one attached hydrogen (secondary N) is 2. The van der Waals surface area contributed by atoms with Gasteiger partial charge >= 0.3 is 0 Å². The summed E-state index contributed by atoms with van der Waals surface area (Å²) in [6, 6.07) is 8.87. The zero-order valence-electron chi connectivity index (χ0n) is 10.1. The highest BCUT2D eigenvalue weighted by molar-refractivity contribution is 7.80. The van der Waals surface area contributed by atoms with E-state index in [4.69, 9.17) is 22.2 Å². The lowest BCUT2D eigenvalue weighted by Crippen LogP contribution is -2.34. The fourth-order valence-electron chi connectivity index (χ4n) is 1.27. The standard InChI is InChI=1S/C12H13N3O2S/c1-14-11(16)10(7-13)12(18)15-8-3-5-9(17-2)6-4-8/h3-6,10H,1-2H3,(H,14,16)(H,15,18). The molecule has 0 spiro atoms. The second-order valence-corrected chi connectivity index (χ2v) is 3.83. The highest BCUT2D eigenvalue weighted by Gasteiger charge is 2.21. The van der Waals surface area contributed by atoms with E-state index < -0.39 is 11.8 Å². The molecule has 0 aromatic heterocycles. The monoisotopic (exact) mass is 263 g/mol. The summed E-state index contributed by atoms with van der Waals surface area (Å²) in [7, 11) is 3.03. The average molecular weight is 263 g/mol. The van der Waals surface area contributed by atoms with Crippen LogP contribution in [-0.2, 0) is 4.79 Å². The van der Waals surface area contributed by atoms with E-state index in [1.165, 1.54) is 7.05 Å².